The van der Waals surface area contributed by atoms with Gasteiger partial charge < -0.3 is 41.4 Å². The summed E-state index contributed by atoms with van der Waals surface area (Å²) in [4.78, 5) is 48.5. The number of β-lactam (4-membered cyclic amide) rings is 1. The molecule has 3 aliphatic heterocycles. The molecule has 12 nitrogen and oxygen atoms in total. The fourth-order valence-electron chi connectivity index (χ4n) is 3.73. The number of hydrogen-bond acceptors (Lipinski definition) is 10. The Labute approximate surface area is 206 Å². The molecular formula is C22H29N5O7S. The lowest BCUT2D eigenvalue weighted by Crippen LogP contribution is -2.89. The molecule has 3 heterocycles. The van der Waals surface area contributed by atoms with Gasteiger partial charge in [0.15, 0.2) is 0 Å². The molecular weight excluding hydrogens is 478 g/mol. The molecule has 35 heavy (non-hydrogen) atoms. The van der Waals surface area contributed by atoms with Gasteiger partial charge in [-0.1, -0.05) is 12.1 Å². The van der Waals surface area contributed by atoms with E-state index in [1.807, 2.05) is 0 Å². The molecule has 1 unspecified atom stereocenters. The van der Waals surface area contributed by atoms with Gasteiger partial charge in [0.1, 0.15) is 29.8 Å². The average molecular weight is 508 g/mol. The van der Waals surface area contributed by atoms with Crippen molar-refractivity contribution in [3.05, 3.63) is 41.1 Å². The van der Waals surface area contributed by atoms with Crippen LogP contribution in [0.3, 0.4) is 0 Å². The molecule has 2 amide bonds. The van der Waals surface area contributed by atoms with Crippen LogP contribution >= 0.6 is 11.8 Å². The van der Waals surface area contributed by atoms with Gasteiger partial charge in [-0.2, -0.15) is 0 Å². The number of carbonyl (C=O) groups is 4. The Morgan fingerprint density at radius 2 is 1.97 bits per heavy atom. The van der Waals surface area contributed by atoms with Crippen LogP contribution < -0.4 is 26.8 Å². The number of thioether (sulfide) groups is 1. The molecule has 3 aliphatic rings. The Morgan fingerprint density at radius 1 is 1.31 bits per heavy atom. The number of carboxylic acid groups (broad SMARTS) is 1. The summed E-state index contributed by atoms with van der Waals surface area (Å²) in [5.41, 5.74) is 6.26. The van der Waals surface area contributed by atoms with E-state index in [0.29, 0.717) is 5.56 Å². The molecule has 4 rings (SSSR count). The minimum Gasteiger partial charge on any atom is -0.543 e. The fourth-order valence-corrected chi connectivity index (χ4v) is 5.05. The number of phenolic OH excluding ortho intramolecular Hbond substituents is 1. The third-order valence-electron chi connectivity index (χ3n) is 5.57. The quantitative estimate of drug-likeness (QED) is 0.191. The zero-order chi connectivity index (χ0) is 25.5. The lowest BCUT2D eigenvalue weighted by atomic mass is 10.0. The Bertz CT molecular complexity index is 985. The highest BCUT2D eigenvalue weighted by Crippen LogP contribution is 2.40. The van der Waals surface area contributed by atoms with E-state index in [2.05, 4.69) is 16.0 Å². The molecule has 1 aromatic carbocycles. The number of ether oxygens (including phenoxy) is 1. The SMILES string of the molecule is C1C[NH2+]CCN1.CC(=O)OCC1=C(C(=O)[O-])N2C(=O)[C@H](NC(=O)C(N)c3ccc(O)cc3)[C@H]2SC1. The van der Waals surface area contributed by atoms with E-state index >= 15 is 0 Å². The summed E-state index contributed by atoms with van der Waals surface area (Å²) in [6, 6.07) is 3.74. The summed E-state index contributed by atoms with van der Waals surface area (Å²) >= 11 is 1.23. The van der Waals surface area contributed by atoms with Gasteiger partial charge in [0.25, 0.3) is 5.91 Å². The topological polar surface area (TPSA) is 191 Å². The number of aliphatic carboxylic acids is 1. The Hall–Kier alpha value is -3.13. The Kier molecular flexibility index (Phi) is 9.09. The van der Waals surface area contributed by atoms with Gasteiger partial charge in [-0.15, -0.1) is 11.8 Å². The maximum Gasteiger partial charge on any atom is 0.302 e. The largest absolute Gasteiger partial charge is 0.543 e. The van der Waals surface area contributed by atoms with Crippen LogP contribution in [0, 0.1) is 0 Å². The highest BCUT2D eigenvalue weighted by molar-refractivity contribution is 8.00. The molecule has 0 aliphatic carbocycles. The van der Waals surface area contributed by atoms with E-state index in [-0.39, 0.29) is 29.4 Å². The molecule has 1 aromatic rings. The summed E-state index contributed by atoms with van der Waals surface area (Å²) in [5, 5.41) is 28.4. The van der Waals surface area contributed by atoms with Crippen LogP contribution in [-0.4, -0.2) is 83.7 Å². The first-order valence-corrected chi connectivity index (χ1v) is 12.1. The number of amides is 2. The third kappa shape index (κ3) is 6.51. The molecule has 2 fully saturated rings. The molecule has 0 aromatic heterocycles. The molecule has 3 atom stereocenters. The highest BCUT2D eigenvalue weighted by atomic mass is 32.2. The van der Waals surface area contributed by atoms with Crippen LogP contribution in [0.4, 0.5) is 0 Å². The zero-order valence-electron chi connectivity index (χ0n) is 19.2. The number of benzene rings is 1. The van der Waals surface area contributed by atoms with Gasteiger partial charge >= 0.3 is 5.97 Å². The summed E-state index contributed by atoms with van der Waals surface area (Å²) in [5.74, 6) is -3.15. The molecule has 0 saturated carbocycles. The van der Waals surface area contributed by atoms with Crippen LogP contribution in [0.25, 0.3) is 0 Å². The maximum absolute atomic E-state index is 12.5. The summed E-state index contributed by atoms with van der Waals surface area (Å²) < 4.78 is 4.84. The number of fused-ring (bicyclic) bond motifs is 1. The van der Waals surface area contributed by atoms with Crippen LogP contribution in [0.5, 0.6) is 5.75 Å². The van der Waals surface area contributed by atoms with Gasteiger partial charge in [0, 0.05) is 31.3 Å². The van der Waals surface area contributed by atoms with Gasteiger partial charge in [0.2, 0.25) is 5.91 Å². The number of nitrogens with zero attached hydrogens (tertiary/aromatic N) is 1. The van der Waals surface area contributed by atoms with Crippen molar-refractivity contribution in [2.24, 2.45) is 5.73 Å². The summed E-state index contributed by atoms with van der Waals surface area (Å²) in [6.45, 7) is 5.85. The second-order valence-electron chi connectivity index (χ2n) is 8.10. The maximum atomic E-state index is 12.5. The summed E-state index contributed by atoms with van der Waals surface area (Å²) in [7, 11) is 0. The van der Waals surface area contributed by atoms with Crippen molar-refractivity contribution in [3.63, 3.8) is 0 Å². The number of rotatable bonds is 6. The second kappa shape index (κ2) is 12.0. The first kappa shape index (κ1) is 26.5. The van der Waals surface area contributed by atoms with Crippen molar-refractivity contribution in [2.45, 2.75) is 24.4 Å². The summed E-state index contributed by atoms with van der Waals surface area (Å²) in [6.07, 6.45) is 0. The van der Waals surface area contributed by atoms with Crippen LogP contribution in [0.1, 0.15) is 18.5 Å². The number of aromatic hydroxyl groups is 1. The number of quaternary nitrogens is 1. The normalized spacial score (nSPS) is 22.1. The van der Waals surface area contributed by atoms with Crippen LogP contribution in [0.2, 0.25) is 0 Å². The van der Waals surface area contributed by atoms with Gasteiger partial charge in [-0.05, 0) is 17.7 Å². The molecule has 13 heteroatoms. The number of esters is 1. The van der Waals surface area contributed by atoms with E-state index in [1.54, 1.807) is 0 Å². The number of piperazine rings is 1. The molecule has 0 radical (unpaired) electrons. The van der Waals surface area contributed by atoms with Crippen molar-refractivity contribution in [1.29, 1.82) is 0 Å². The van der Waals surface area contributed by atoms with E-state index in [1.165, 1.54) is 69.1 Å². The first-order chi connectivity index (χ1) is 16.7. The minimum atomic E-state index is -1.56. The molecule has 0 spiro atoms. The minimum absolute atomic E-state index is 0.0240. The van der Waals surface area contributed by atoms with Crippen molar-refractivity contribution < 1.29 is 39.4 Å². The number of carbonyl (C=O) groups excluding carboxylic acids is 4. The molecule has 7 N–H and O–H groups in total. The standard InChI is InChI=1S/C18H19N3O7S.C4H10N2/c1-8(22)28-6-10-7-29-17-13(16(25)21(17)14(10)18(26)27)20-15(24)12(19)9-2-4-11(23)5-3-9;1-2-6-4-3-5-1/h2-5,12-13,17,23H,6-7,19H2,1H3,(H,20,24)(H,26,27);5-6H,1-4H2/t12?,13-,17+;/m0./s1. The van der Waals surface area contributed by atoms with Gasteiger partial charge in [-0.25, -0.2) is 0 Å². The number of nitrogens with two attached hydrogens (primary N) is 2. The smallest absolute Gasteiger partial charge is 0.302 e. The number of carboxylic acids is 1. The third-order valence-corrected chi connectivity index (χ3v) is 6.91. The van der Waals surface area contributed by atoms with E-state index < -0.39 is 41.2 Å². The van der Waals surface area contributed by atoms with Crippen molar-refractivity contribution >= 4 is 35.5 Å². The molecule has 190 valence electrons. The lowest BCUT2D eigenvalue weighted by molar-refractivity contribution is -0.657. The van der Waals surface area contributed by atoms with Crippen LogP contribution in [-0.2, 0) is 23.9 Å². The lowest BCUT2D eigenvalue weighted by Gasteiger charge is -2.50. The van der Waals surface area contributed by atoms with Gasteiger partial charge in [-0.3, -0.25) is 19.3 Å². The van der Waals surface area contributed by atoms with Gasteiger partial charge in [0.05, 0.1) is 24.8 Å². The Balaban J connectivity index is 0.000000497. The number of phenols is 1. The van der Waals surface area contributed by atoms with E-state index in [0.717, 1.165) is 4.90 Å². The number of nitrogens with one attached hydrogen (secondary N) is 2. The Morgan fingerprint density at radius 3 is 2.49 bits per heavy atom. The fraction of sp³-hybridized carbons (Fsp3) is 0.455. The van der Waals surface area contributed by atoms with Crippen molar-refractivity contribution in [2.75, 3.05) is 38.5 Å². The number of hydrogen-bond donors (Lipinski definition) is 5. The highest BCUT2D eigenvalue weighted by Gasteiger charge is 2.53. The van der Waals surface area contributed by atoms with Crippen molar-refractivity contribution in [1.82, 2.24) is 15.5 Å². The first-order valence-electron chi connectivity index (χ1n) is 11.1. The predicted molar refractivity (Wildman–Crippen MR) is 123 cm³/mol. The monoisotopic (exact) mass is 507 g/mol. The van der Waals surface area contributed by atoms with E-state index in [9.17, 15) is 29.4 Å². The second-order valence-corrected chi connectivity index (χ2v) is 9.21. The molecule has 0 bridgehead atoms. The van der Waals surface area contributed by atoms with Crippen LogP contribution in [0.15, 0.2) is 35.5 Å². The molecule has 2 saturated heterocycles. The zero-order valence-corrected chi connectivity index (χ0v) is 20.0. The van der Waals surface area contributed by atoms with E-state index in [4.69, 9.17) is 10.5 Å². The predicted octanol–water partition coefficient (Wildman–Crippen LogP) is -3.49. The van der Waals surface area contributed by atoms with Crippen molar-refractivity contribution in [3.8, 4) is 5.75 Å². The average Bonchev–Trinajstić information content (AvgIpc) is 2.86.